The Morgan fingerprint density at radius 2 is 1.75 bits per heavy atom. The molecule has 0 aliphatic carbocycles. The van der Waals surface area contributed by atoms with Crippen LogP contribution in [0, 0.1) is 0 Å². The molecule has 0 saturated heterocycles. The van der Waals surface area contributed by atoms with Crippen LogP contribution in [0.2, 0.25) is 0 Å². The minimum absolute atomic E-state index is 0.221. The van der Waals surface area contributed by atoms with Gasteiger partial charge in [0.25, 0.3) is 0 Å². The fourth-order valence-corrected chi connectivity index (χ4v) is 1.65. The number of carbonyl (C=O) groups excluding carboxylic acids is 1. The number of H-pyrrole nitrogens is 1. The lowest BCUT2D eigenvalue weighted by Crippen LogP contribution is -2.09. The molecule has 0 aliphatic heterocycles. The van der Waals surface area contributed by atoms with E-state index in [1.165, 1.54) is 26.4 Å². The Morgan fingerprint density at radius 1 is 1.10 bits per heavy atom. The lowest BCUT2D eigenvalue weighted by Gasteiger charge is -2.08. The molecule has 0 aliphatic rings. The van der Waals surface area contributed by atoms with E-state index in [9.17, 15) is 9.59 Å². The predicted octanol–water partition coefficient (Wildman–Crippen LogP) is 0.751. The summed E-state index contributed by atoms with van der Waals surface area (Å²) in [6, 6.07) is 4.48. The van der Waals surface area contributed by atoms with Gasteiger partial charge < -0.3 is 14.6 Å². The van der Waals surface area contributed by atoms with E-state index in [1.807, 2.05) is 0 Å². The summed E-state index contributed by atoms with van der Waals surface area (Å²) in [6.45, 7) is 0. The molecule has 2 rings (SSSR count). The van der Waals surface area contributed by atoms with Crippen LogP contribution in [0.5, 0.6) is 11.5 Å². The van der Waals surface area contributed by atoms with Gasteiger partial charge >= 0.3 is 5.97 Å². The maximum atomic E-state index is 12.2. The number of hydrogen-bond acceptors (Lipinski definition) is 6. The zero-order chi connectivity index (χ0) is 14.7. The molecule has 1 aromatic carbocycles. The molecule has 0 unspecified atom stereocenters. The molecular weight excluding hydrogens is 266 g/mol. The predicted molar refractivity (Wildman–Crippen MR) is 66.3 cm³/mol. The quantitative estimate of drug-likeness (QED) is 0.775. The Balaban J connectivity index is 2.43. The molecule has 2 N–H and O–H groups in total. The first-order chi connectivity index (χ1) is 9.58. The smallest absolute Gasteiger partial charge is 0.358 e. The third kappa shape index (κ3) is 2.30. The second kappa shape index (κ2) is 5.39. The molecule has 0 saturated carbocycles. The van der Waals surface area contributed by atoms with E-state index >= 15 is 0 Å². The van der Waals surface area contributed by atoms with E-state index in [1.54, 1.807) is 6.07 Å². The van der Waals surface area contributed by atoms with Crippen LogP contribution >= 0.6 is 0 Å². The number of aromatic nitrogens is 3. The standard InChI is InChI=1S/C12H11N3O5/c1-19-7-4-3-6(5-8(7)20-2)11(16)9-10(12(17)18)14-15-13-9/h3-5H,1-2H3,(H,17,18)(H,13,14,15). The Labute approximate surface area is 113 Å². The summed E-state index contributed by atoms with van der Waals surface area (Å²) in [5.74, 6) is -1.08. The zero-order valence-corrected chi connectivity index (χ0v) is 10.7. The number of carbonyl (C=O) groups is 2. The SMILES string of the molecule is COc1ccc(C(=O)c2n[nH]nc2C(=O)O)cc1OC. The van der Waals surface area contributed by atoms with E-state index in [-0.39, 0.29) is 11.3 Å². The van der Waals surface area contributed by atoms with Crippen molar-refractivity contribution in [1.82, 2.24) is 15.4 Å². The summed E-state index contributed by atoms with van der Waals surface area (Å²) in [6.07, 6.45) is 0. The maximum absolute atomic E-state index is 12.2. The Kier molecular flexibility index (Phi) is 3.65. The fraction of sp³-hybridized carbons (Fsp3) is 0.167. The van der Waals surface area contributed by atoms with Crippen LogP contribution in [0.3, 0.4) is 0 Å². The van der Waals surface area contributed by atoms with Crippen LogP contribution < -0.4 is 9.47 Å². The minimum atomic E-state index is -1.33. The maximum Gasteiger partial charge on any atom is 0.358 e. The van der Waals surface area contributed by atoms with Gasteiger partial charge in [-0.05, 0) is 18.2 Å². The first-order valence-corrected chi connectivity index (χ1v) is 5.49. The molecule has 8 nitrogen and oxygen atoms in total. The second-order valence-electron chi connectivity index (χ2n) is 3.72. The van der Waals surface area contributed by atoms with Gasteiger partial charge in [0, 0.05) is 5.56 Å². The number of carboxylic acids is 1. The van der Waals surface area contributed by atoms with Crippen LogP contribution in [0.1, 0.15) is 26.5 Å². The summed E-state index contributed by atoms with van der Waals surface area (Å²) in [5, 5.41) is 18.0. The molecule has 8 heteroatoms. The third-order valence-electron chi connectivity index (χ3n) is 2.61. The molecule has 2 aromatic rings. The molecular formula is C12H11N3O5. The average molecular weight is 277 g/mol. The first kappa shape index (κ1) is 13.5. The van der Waals surface area contributed by atoms with Gasteiger partial charge in [-0.15, -0.1) is 5.10 Å². The number of aromatic carboxylic acids is 1. The molecule has 0 radical (unpaired) electrons. The third-order valence-corrected chi connectivity index (χ3v) is 2.61. The number of carboxylic acid groups (broad SMARTS) is 1. The molecule has 1 heterocycles. The number of nitrogens with zero attached hydrogens (tertiary/aromatic N) is 2. The molecule has 0 atom stereocenters. The van der Waals surface area contributed by atoms with Gasteiger partial charge in [-0.1, -0.05) is 0 Å². The topological polar surface area (TPSA) is 114 Å². The van der Waals surface area contributed by atoms with Crippen LogP contribution in [0.25, 0.3) is 0 Å². The van der Waals surface area contributed by atoms with E-state index in [2.05, 4.69) is 15.4 Å². The van der Waals surface area contributed by atoms with Crippen molar-refractivity contribution in [3.63, 3.8) is 0 Å². The molecule has 0 fully saturated rings. The lowest BCUT2D eigenvalue weighted by molar-refractivity contribution is 0.0686. The van der Waals surface area contributed by atoms with Crippen molar-refractivity contribution in [2.75, 3.05) is 14.2 Å². The molecule has 1 aromatic heterocycles. The number of methoxy groups -OCH3 is 2. The van der Waals surface area contributed by atoms with Crippen molar-refractivity contribution in [2.24, 2.45) is 0 Å². The van der Waals surface area contributed by atoms with Gasteiger partial charge in [0.15, 0.2) is 17.2 Å². The Hall–Kier alpha value is -2.90. The van der Waals surface area contributed by atoms with Gasteiger partial charge in [0.1, 0.15) is 0 Å². The van der Waals surface area contributed by atoms with Crippen LogP contribution in [-0.4, -0.2) is 46.5 Å². The summed E-state index contributed by atoms with van der Waals surface area (Å²) < 4.78 is 10.1. The van der Waals surface area contributed by atoms with Crippen molar-refractivity contribution in [1.29, 1.82) is 0 Å². The normalized spacial score (nSPS) is 10.1. The van der Waals surface area contributed by atoms with Gasteiger partial charge in [0.05, 0.1) is 14.2 Å². The Morgan fingerprint density at radius 3 is 2.35 bits per heavy atom. The molecule has 20 heavy (non-hydrogen) atoms. The van der Waals surface area contributed by atoms with E-state index in [4.69, 9.17) is 14.6 Å². The van der Waals surface area contributed by atoms with Crippen LogP contribution in [0.15, 0.2) is 18.2 Å². The van der Waals surface area contributed by atoms with Crippen molar-refractivity contribution in [3.8, 4) is 11.5 Å². The number of aromatic amines is 1. The first-order valence-electron chi connectivity index (χ1n) is 5.49. The number of ether oxygens (including phenoxy) is 2. The zero-order valence-electron chi connectivity index (χ0n) is 10.7. The molecule has 0 bridgehead atoms. The Bertz CT molecular complexity index is 665. The van der Waals surface area contributed by atoms with E-state index in [0.29, 0.717) is 11.5 Å². The van der Waals surface area contributed by atoms with Gasteiger partial charge in [-0.2, -0.15) is 10.3 Å². The summed E-state index contributed by atoms with van der Waals surface area (Å²) in [4.78, 5) is 23.1. The number of benzene rings is 1. The highest BCUT2D eigenvalue weighted by Gasteiger charge is 2.23. The summed E-state index contributed by atoms with van der Waals surface area (Å²) in [5.41, 5.74) is -0.464. The van der Waals surface area contributed by atoms with Crippen LogP contribution in [0.4, 0.5) is 0 Å². The van der Waals surface area contributed by atoms with Crippen LogP contribution in [-0.2, 0) is 0 Å². The second-order valence-corrected chi connectivity index (χ2v) is 3.72. The van der Waals surface area contributed by atoms with E-state index < -0.39 is 17.4 Å². The van der Waals surface area contributed by atoms with Crippen molar-refractivity contribution >= 4 is 11.8 Å². The fourth-order valence-electron chi connectivity index (χ4n) is 1.65. The highest BCUT2D eigenvalue weighted by Crippen LogP contribution is 2.28. The number of rotatable bonds is 5. The molecule has 0 spiro atoms. The molecule has 0 amide bonds. The van der Waals surface area contributed by atoms with Gasteiger partial charge in [-0.3, -0.25) is 4.79 Å². The minimum Gasteiger partial charge on any atom is -0.493 e. The summed E-state index contributed by atoms with van der Waals surface area (Å²) >= 11 is 0. The van der Waals surface area contributed by atoms with E-state index in [0.717, 1.165) is 0 Å². The number of ketones is 1. The highest BCUT2D eigenvalue weighted by molar-refractivity contribution is 6.12. The number of nitrogens with one attached hydrogen (secondary N) is 1. The lowest BCUT2D eigenvalue weighted by atomic mass is 10.1. The summed E-state index contributed by atoms with van der Waals surface area (Å²) in [7, 11) is 2.91. The highest BCUT2D eigenvalue weighted by atomic mass is 16.5. The average Bonchev–Trinajstić information content (AvgIpc) is 2.95. The van der Waals surface area contributed by atoms with Gasteiger partial charge in [0.2, 0.25) is 11.5 Å². The van der Waals surface area contributed by atoms with Crippen molar-refractivity contribution in [2.45, 2.75) is 0 Å². The number of hydrogen-bond donors (Lipinski definition) is 2. The monoisotopic (exact) mass is 277 g/mol. The molecule has 104 valence electrons. The van der Waals surface area contributed by atoms with Crippen molar-refractivity contribution < 1.29 is 24.2 Å². The van der Waals surface area contributed by atoms with Crippen molar-refractivity contribution in [3.05, 3.63) is 35.2 Å². The van der Waals surface area contributed by atoms with Gasteiger partial charge in [-0.25, -0.2) is 4.79 Å². The largest absolute Gasteiger partial charge is 0.493 e.